The Balaban J connectivity index is 1.86. The van der Waals surface area contributed by atoms with Gasteiger partial charge in [-0.05, 0) is 30.7 Å². The van der Waals surface area contributed by atoms with Gasteiger partial charge in [0.15, 0.2) is 0 Å². The molecule has 1 aliphatic rings. The molecular weight excluding hydrogens is 391 g/mol. The number of morpholine rings is 1. The first-order valence-corrected chi connectivity index (χ1v) is 10.7. The number of hydrogen-bond donors (Lipinski definition) is 2. The normalized spacial score (nSPS) is 17.0. The van der Waals surface area contributed by atoms with Crippen LogP contribution in [0.3, 0.4) is 0 Å². The van der Waals surface area contributed by atoms with Gasteiger partial charge in [-0.1, -0.05) is 41.4 Å². The summed E-state index contributed by atoms with van der Waals surface area (Å²) >= 11 is 5.76. The van der Waals surface area contributed by atoms with E-state index in [0.29, 0.717) is 19.8 Å². The summed E-state index contributed by atoms with van der Waals surface area (Å²) in [7, 11) is -3.85. The third kappa shape index (κ3) is 5.27. The maximum atomic E-state index is 13.4. The number of hydrogen-bond acceptors (Lipinski definition) is 3. The summed E-state index contributed by atoms with van der Waals surface area (Å²) in [6, 6.07) is 10.8. The Morgan fingerprint density at radius 3 is 2.48 bits per heavy atom. The average Bonchev–Trinajstić information content (AvgIpc) is 2.64. The molecule has 146 valence electrons. The maximum absolute atomic E-state index is 13.4. The van der Waals surface area contributed by atoms with Gasteiger partial charge in [0.05, 0.1) is 35.7 Å². The van der Waals surface area contributed by atoms with Crippen LogP contribution in [0, 0.1) is 12.7 Å². The lowest BCUT2D eigenvalue weighted by atomic mass is 10.1. The second-order valence-corrected chi connectivity index (χ2v) is 8.85. The van der Waals surface area contributed by atoms with Crippen LogP contribution in [0.15, 0.2) is 47.4 Å². The van der Waals surface area contributed by atoms with Gasteiger partial charge in [-0.15, -0.1) is 0 Å². The zero-order chi connectivity index (χ0) is 19.4. The van der Waals surface area contributed by atoms with Crippen molar-refractivity contribution in [1.29, 1.82) is 0 Å². The lowest BCUT2D eigenvalue weighted by Crippen LogP contribution is -3.14. The van der Waals surface area contributed by atoms with Crippen molar-refractivity contribution in [3.63, 3.8) is 0 Å². The SMILES string of the molecule is Cc1ccc([C@@H](C[NH+]2CCOCC2)NS(=O)(=O)c2ccc(F)c(Cl)c2)cc1. The van der Waals surface area contributed by atoms with Gasteiger partial charge in [0.1, 0.15) is 18.9 Å². The second-order valence-electron chi connectivity index (χ2n) is 6.73. The summed E-state index contributed by atoms with van der Waals surface area (Å²) in [6.07, 6.45) is 0. The fraction of sp³-hybridized carbons (Fsp3) is 0.368. The first-order valence-electron chi connectivity index (χ1n) is 8.80. The minimum Gasteiger partial charge on any atom is -0.370 e. The molecule has 0 spiro atoms. The van der Waals surface area contributed by atoms with Gasteiger partial charge in [-0.2, -0.15) is 4.72 Å². The predicted octanol–water partition coefficient (Wildman–Crippen LogP) is 1.72. The first-order chi connectivity index (χ1) is 12.8. The molecule has 2 N–H and O–H groups in total. The molecule has 1 atom stereocenters. The van der Waals surface area contributed by atoms with Gasteiger partial charge in [0.2, 0.25) is 10.0 Å². The van der Waals surface area contributed by atoms with Crippen LogP contribution in [-0.4, -0.2) is 41.3 Å². The van der Waals surface area contributed by atoms with Crippen LogP contribution in [0.1, 0.15) is 17.2 Å². The second kappa shape index (κ2) is 8.67. The smallest absolute Gasteiger partial charge is 0.241 e. The molecule has 2 aromatic rings. The highest BCUT2D eigenvalue weighted by Gasteiger charge is 2.27. The zero-order valence-corrected chi connectivity index (χ0v) is 16.6. The fourth-order valence-electron chi connectivity index (χ4n) is 3.08. The molecule has 0 amide bonds. The van der Waals surface area contributed by atoms with Crippen molar-refractivity contribution in [2.24, 2.45) is 0 Å². The number of halogens is 2. The molecule has 0 radical (unpaired) electrons. The zero-order valence-electron chi connectivity index (χ0n) is 15.0. The highest BCUT2D eigenvalue weighted by Crippen LogP contribution is 2.22. The van der Waals surface area contributed by atoms with E-state index in [0.717, 1.165) is 36.3 Å². The van der Waals surface area contributed by atoms with E-state index in [4.69, 9.17) is 16.3 Å². The largest absolute Gasteiger partial charge is 0.370 e. The van der Waals surface area contributed by atoms with Crippen molar-refractivity contribution < 1.29 is 22.4 Å². The van der Waals surface area contributed by atoms with Crippen LogP contribution in [0.4, 0.5) is 4.39 Å². The van der Waals surface area contributed by atoms with Crippen molar-refractivity contribution in [1.82, 2.24) is 4.72 Å². The molecule has 8 heteroatoms. The quantitative estimate of drug-likeness (QED) is 0.758. The summed E-state index contributed by atoms with van der Waals surface area (Å²) in [5.41, 5.74) is 1.99. The number of rotatable bonds is 6. The summed E-state index contributed by atoms with van der Waals surface area (Å²) < 4.78 is 47.3. The third-order valence-corrected chi connectivity index (χ3v) is 6.43. The van der Waals surface area contributed by atoms with E-state index in [-0.39, 0.29) is 9.92 Å². The Kier molecular flexibility index (Phi) is 6.49. The minimum atomic E-state index is -3.85. The van der Waals surface area contributed by atoms with E-state index in [1.807, 2.05) is 31.2 Å². The van der Waals surface area contributed by atoms with Crippen LogP contribution in [0.25, 0.3) is 0 Å². The predicted molar refractivity (Wildman–Crippen MR) is 102 cm³/mol. The van der Waals surface area contributed by atoms with Crippen LogP contribution in [-0.2, 0) is 14.8 Å². The van der Waals surface area contributed by atoms with Crippen molar-refractivity contribution in [3.05, 3.63) is 64.4 Å². The van der Waals surface area contributed by atoms with E-state index in [9.17, 15) is 12.8 Å². The topological polar surface area (TPSA) is 59.8 Å². The summed E-state index contributed by atoms with van der Waals surface area (Å²) in [4.78, 5) is 1.22. The van der Waals surface area contributed by atoms with Crippen LogP contribution >= 0.6 is 11.6 Å². The molecule has 0 bridgehead atoms. The van der Waals surface area contributed by atoms with E-state index < -0.39 is 21.9 Å². The lowest BCUT2D eigenvalue weighted by molar-refractivity contribution is -0.909. The Bertz CT molecular complexity index is 884. The van der Waals surface area contributed by atoms with Crippen molar-refractivity contribution in [2.75, 3.05) is 32.8 Å². The summed E-state index contributed by atoms with van der Waals surface area (Å²) in [5.74, 6) is -0.650. The molecule has 3 rings (SSSR count). The molecule has 1 fully saturated rings. The number of benzene rings is 2. The molecule has 1 saturated heterocycles. The molecule has 2 aromatic carbocycles. The van der Waals surface area contributed by atoms with Gasteiger partial charge in [-0.3, -0.25) is 0 Å². The molecule has 27 heavy (non-hydrogen) atoms. The lowest BCUT2D eigenvalue weighted by Gasteiger charge is -2.28. The Hall–Kier alpha value is -1.51. The van der Waals surface area contributed by atoms with Gasteiger partial charge in [0.25, 0.3) is 0 Å². The maximum Gasteiger partial charge on any atom is 0.241 e. The van der Waals surface area contributed by atoms with Crippen LogP contribution in [0.5, 0.6) is 0 Å². The Morgan fingerprint density at radius 1 is 1.19 bits per heavy atom. The standard InChI is InChI=1S/C19H22ClFN2O3S/c1-14-2-4-15(5-3-14)19(13-23-8-10-26-11-9-23)22-27(24,25)16-6-7-18(21)17(20)12-16/h2-7,12,19,22H,8-11,13H2,1H3/p+1/t19-/m1/s1. The monoisotopic (exact) mass is 413 g/mol. The molecule has 1 heterocycles. The molecule has 0 saturated carbocycles. The summed E-state index contributed by atoms with van der Waals surface area (Å²) in [5, 5.41) is -0.219. The fourth-order valence-corrected chi connectivity index (χ4v) is 4.57. The van der Waals surface area contributed by atoms with E-state index in [2.05, 4.69) is 4.72 Å². The number of ether oxygens (including phenoxy) is 1. The average molecular weight is 414 g/mol. The minimum absolute atomic E-state index is 0.0528. The van der Waals surface area contributed by atoms with Gasteiger partial charge in [0, 0.05) is 0 Å². The highest BCUT2D eigenvalue weighted by molar-refractivity contribution is 7.89. The van der Waals surface area contributed by atoms with Crippen molar-refractivity contribution in [2.45, 2.75) is 17.9 Å². The number of quaternary nitrogens is 1. The van der Waals surface area contributed by atoms with Crippen LogP contribution in [0.2, 0.25) is 5.02 Å². The first kappa shape index (κ1) is 20.2. The van der Waals surface area contributed by atoms with Crippen LogP contribution < -0.4 is 9.62 Å². The number of sulfonamides is 1. The molecule has 1 aliphatic heterocycles. The summed E-state index contributed by atoms with van der Waals surface area (Å²) in [6.45, 7) is 5.56. The van der Waals surface area contributed by atoms with Crippen molar-refractivity contribution in [3.8, 4) is 0 Å². The van der Waals surface area contributed by atoms with Gasteiger partial charge < -0.3 is 9.64 Å². The molecular formula is C19H23ClFN2O3S+. The molecule has 0 aliphatic carbocycles. The molecule has 0 unspecified atom stereocenters. The van der Waals surface area contributed by atoms with E-state index in [1.54, 1.807) is 0 Å². The molecule has 0 aromatic heterocycles. The number of aryl methyl sites for hydroxylation is 1. The van der Waals surface area contributed by atoms with Crippen molar-refractivity contribution >= 4 is 21.6 Å². The third-order valence-electron chi connectivity index (χ3n) is 4.67. The number of nitrogens with one attached hydrogen (secondary N) is 2. The Labute approximate surface area is 164 Å². The van der Waals surface area contributed by atoms with E-state index in [1.165, 1.54) is 11.0 Å². The van der Waals surface area contributed by atoms with E-state index >= 15 is 0 Å². The van der Waals surface area contributed by atoms with Gasteiger partial charge in [-0.25, -0.2) is 12.8 Å². The van der Waals surface area contributed by atoms with Gasteiger partial charge >= 0.3 is 0 Å². The Morgan fingerprint density at radius 2 is 1.85 bits per heavy atom. The highest BCUT2D eigenvalue weighted by atomic mass is 35.5. The molecule has 5 nitrogen and oxygen atoms in total.